The minimum Gasteiger partial charge on any atom is -0.496 e. The molecule has 7 aromatic rings. The second-order valence-electron chi connectivity index (χ2n) is 23.0. The molecule has 3 atom stereocenters. The zero-order chi connectivity index (χ0) is 59.3. The predicted octanol–water partition coefficient (Wildman–Crippen LogP) is 9.36. The van der Waals surface area contributed by atoms with E-state index >= 15 is 0 Å². The third-order valence-electron chi connectivity index (χ3n) is 15.9. The lowest BCUT2D eigenvalue weighted by atomic mass is 9.85. The van der Waals surface area contributed by atoms with Crippen LogP contribution in [0.25, 0.3) is 32.5 Å². The highest BCUT2D eigenvalue weighted by atomic mass is 32.1. The van der Waals surface area contributed by atoms with Crippen molar-refractivity contribution >= 4 is 69.1 Å². The Bertz CT molecular complexity index is 3550. The number of carbonyl (C=O) groups excluding carboxylic acids is 6. The summed E-state index contributed by atoms with van der Waals surface area (Å²) in [4.78, 5) is 94.2. The summed E-state index contributed by atoms with van der Waals surface area (Å²) in [5.41, 5.74) is 5.98. The van der Waals surface area contributed by atoms with Gasteiger partial charge in [-0.3, -0.25) is 38.4 Å². The highest BCUT2D eigenvalue weighted by molar-refractivity contribution is 7.13. The normalized spacial score (nSPS) is 17.1. The van der Waals surface area contributed by atoms with Gasteiger partial charge in [-0.2, -0.15) is 5.10 Å². The van der Waals surface area contributed by atoms with Crippen LogP contribution in [0.1, 0.15) is 95.9 Å². The Morgan fingerprint density at radius 2 is 1.52 bits per heavy atom. The maximum Gasteiger partial charge on any atom is 0.246 e. The third kappa shape index (κ3) is 13.4. The molecule has 4 aromatic carbocycles. The largest absolute Gasteiger partial charge is 0.496 e. The summed E-state index contributed by atoms with van der Waals surface area (Å²) < 4.78 is 27.5. The van der Waals surface area contributed by atoms with E-state index in [1.807, 2.05) is 85.4 Å². The number of anilines is 2. The number of rotatable bonds is 20. The number of nitrogens with zero attached hydrogens (tertiary/aromatic N) is 6. The first-order valence-corrected chi connectivity index (χ1v) is 29.2. The molecule has 0 radical (unpaired) electrons. The molecule has 19 nitrogen and oxygen atoms in total. The molecule has 5 heterocycles. The number of likely N-dealkylation sites (tertiary alicyclic amines) is 2. The van der Waals surface area contributed by atoms with Gasteiger partial charge in [0, 0.05) is 85.7 Å². The van der Waals surface area contributed by atoms with Crippen LogP contribution in [0, 0.1) is 23.6 Å². The number of piperidine rings is 1. The van der Waals surface area contributed by atoms with Crippen LogP contribution < -0.4 is 30.7 Å². The van der Waals surface area contributed by atoms with Crippen LogP contribution >= 0.6 is 11.3 Å². The summed E-state index contributed by atoms with van der Waals surface area (Å²) in [6.45, 7) is 8.85. The number of thiazole rings is 1. The fourth-order valence-electron chi connectivity index (χ4n) is 10.9. The summed E-state index contributed by atoms with van der Waals surface area (Å²) in [6, 6.07) is 23.9. The average Bonchev–Trinajstić information content (AvgIpc) is 2.12. The zero-order valence-electron chi connectivity index (χ0n) is 47.7. The molecule has 0 unspecified atom stereocenters. The summed E-state index contributed by atoms with van der Waals surface area (Å²) in [7, 11) is 1.60. The molecule has 2 aliphatic heterocycles. The fourth-order valence-corrected chi connectivity index (χ4v) is 11.7. The number of amides is 6. The SMILES string of the molecule is COc1cc2c(Oc3ccc(NC(=O)C4(C(=O)Nc5ccc(F)cc5)CC4)cc3)ccnc2cc1-c1cnn(C2CCN(C(=O)CCCCC(=O)N[C@H](C(=O)N3C[C@H](O)C[C@H]3C(=O)NCc3ccc(-c4scnc4C)cc3)C(C)(C)C)CC2)c1. The van der Waals surface area contributed by atoms with E-state index in [4.69, 9.17) is 14.6 Å². The van der Waals surface area contributed by atoms with E-state index in [1.54, 1.807) is 61.2 Å². The Hall–Kier alpha value is -8.56. The van der Waals surface area contributed by atoms with Gasteiger partial charge in [0.2, 0.25) is 35.4 Å². The van der Waals surface area contributed by atoms with Crippen LogP contribution in [0.3, 0.4) is 0 Å². The minimum absolute atomic E-state index is 0.0190. The van der Waals surface area contributed by atoms with E-state index in [-0.39, 0.29) is 56.1 Å². The Kier molecular flexibility index (Phi) is 17.5. The number of benzene rings is 4. The Balaban J connectivity index is 0.669. The van der Waals surface area contributed by atoms with Crippen LogP contribution in [-0.2, 0) is 35.3 Å². The van der Waals surface area contributed by atoms with Gasteiger partial charge in [-0.05, 0) is 129 Å². The van der Waals surface area contributed by atoms with Gasteiger partial charge in [0.1, 0.15) is 40.6 Å². The van der Waals surface area contributed by atoms with E-state index in [9.17, 15) is 38.3 Å². The number of carbonyl (C=O) groups is 6. The molecule has 0 bridgehead atoms. The van der Waals surface area contributed by atoms with Crippen molar-refractivity contribution in [1.82, 2.24) is 40.2 Å². The highest BCUT2D eigenvalue weighted by Crippen LogP contribution is 2.48. The van der Waals surface area contributed by atoms with Gasteiger partial charge in [-0.25, -0.2) is 9.37 Å². The molecule has 3 aromatic heterocycles. The molecule has 21 heteroatoms. The number of hydrogen-bond donors (Lipinski definition) is 5. The molecule has 3 aliphatic rings. The molecule has 438 valence electrons. The monoisotopic (exact) mass is 1160 g/mol. The number of aromatic nitrogens is 4. The second-order valence-corrected chi connectivity index (χ2v) is 23.8. The molecule has 5 N–H and O–H groups in total. The minimum atomic E-state index is -1.20. The number of aryl methyl sites for hydroxylation is 1. The van der Waals surface area contributed by atoms with Gasteiger partial charge in [-0.1, -0.05) is 45.0 Å². The summed E-state index contributed by atoms with van der Waals surface area (Å²) in [5, 5.41) is 27.5. The number of aliphatic hydroxyl groups excluding tert-OH is 1. The first-order valence-electron chi connectivity index (χ1n) is 28.4. The molecule has 2 saturated heterocycles. The van der Waals surface area contributed by atoms with Gasteiger partial charge in [0.25, 0.3) is 0 Å². The van der Waals surface area contributed by atoms with E-state index in [0.29, 0.717) is 91.1 Å². The lowest BCUT2D eigenvalue weighted by Crippen LogP contribution is -2.57. The molecule has 1 aliphatic carbocycles. The van der Waals surface area contributed by atoms with Crippen molar-refractivity contribution in [3.05, 3.63) is 132 Å². The number of β-amino-alcohol motifs (C(OH)–C–C–N with tert-alkyl or cyclic N) is 1. The van der Waals surface area contributed by atoms with Crippen molar-refractivity contribution < 1.29 is 47.7 Å². The van der Waals surface area contributed by atoms with Crippen molar-refractivity contribution in [2.24, 2.45) is 10.8 Å². The van der Waals surface area contributed by atoms with Crippen molar-refractivity contribution in [3.63, 3.8) is 0 Å². The van der Waals surface area contributed by atoms with Crippen molar-refractivity contribution in [2.45, 2.75) is 116 Å². The molecule has 6 amide bonds. The predicted molar refractivity (Wildman–Crippen MR) is 316 cm³/mol. The molecular formula is C63H69FN10O9S. The molecule has 0 spiro atoms. The van der Waals surface area contributed by atoms with E-state index in [1.165, 1.54) is 29.2 Å². The molecule has 84 heavy (non-hydrogen) atoms. The Labute approximate surface area is 490 Å². The van der Waals surface area contributed by atoms with E-state index in [0.717, 1.165) is 32.8 Å². The van der Waals surface area contributed by atoms with E-state index < -0.39 is 52.6 Å². The van der Waals surface area contributed by atoms with Gasteiger partial charge in [0.15, 0.2) is 0 Å². The zero-order valence-corrected chi connectivity index (χ0v) is 48.5. The lowest BCUT2D eigenvalue weighted by Gasteiger charge is -2.35. The maximum absolute atomic E-state index is 14.2. The number of pyridine rings is 1. The average molecular weight is 1160 g/mol. The van der Waals surface area contributed by atoms with Gasteiger partial charge in [0.05, 0.1) is 47.1 Å². The summed E-state index contributed by atoms with van der Waals surface area (Å²) >= 11 is 1.57. The molecule has 1 saturated carbocycles. The standard InChI is InChI=1S/C63H69FN10O9S/c1-38-56(84-37-67-38)40-12-10-39(11-13-40)33-66-58(78)51-30-46(75)36-73(51)59(79)57(62(2,3)4)71-54(76)8-6-7-9-55(77)72-28-23-45(24-29-72)74-35-41(34-68-74)48-31-50-49(32-53(48)82-5)52(22-27-65-50)83-47-20-18-44(19-21-47)70-61(81)63(25-26-63)60(80)69-43-16-14-42(64)15-17-43/h10-22,27,31-32,34-35,37,45-46,51,57,75H,6-9,23-26,28-30,33,36H2,1-5H3,(H,66,78)(H,69,80)(H,70,81)(H,71,76)/t46-,51+,57-/m1/s1. The smallest absolute Gasteiger partial charge is 0.246 e. The lowest BCUT2D eigenvalue weighted by molar-refractivity contribution is -0.144. The Morgan fingerprint density at radius 3 is 2.17 bits per heavy atom. The molecule has 3 fully saturated rings. The quantitative estimate of drug-likeness (QED) is 0.0354. The van der Waals surface area contributed by atoms with Gasteiger partial charge >= 0.3 is 0 Å². The van der Waals surface area contributed by atoms with Crippen LogP contribution in [0.15, 0.2) is 115 Å². The number of ether oxygens (including phenoxy) is 2. The number of methoxy groups -OCH3 is 1. The number of halogens is 1. The van der Waals surface area contributed by atoms with Gasteiger partial charge in [-0.15, -0.1) is 11.3 Å². The third-order valence-corrected chi connectivity index (χ3v) is 16.9. The highest BCUT2D eigenvalue weighted by Gasteiger charge is 2.56. The summed E-state index contributed by atoms with van der Waals surface area (Å²) in [6.07, 6.45) is 8.19. The number of nitrogens with one attached hydrogen (secondary N) is 4. The topological polar surface area (TPSA) is 239 Å². The molecular weight excluding hydrogens is 1090 g/mol. The van der Waals surface area contributed by atoms with Crippen molar-refractivity contribution in [3.8, 4) is 38.8 Å². The second kappa shape index (κ2) is 25.1. The first kappa shape index (κ1) is 58.6. The summed E-state index contributed by atoms with van der Waals surface area (Å²) in [5.74, 6) is -0.766. The van der Waals surface area contributed by atoms with Crippen LogP contribution in [0.5, 0.6) is 17.2 Å². The van der Waals surface area contributed by atoms with Crippen LogP contribution in [-0.4, -0.2) is 115 Å². The number of hydrogen-bond acceptors (Lipinski definition) is 13. The molecule has 10 rings (SSSR count). The van der Waals surface area contributed by atoms with Gasteiger partial charge < -0.3 is 45.6 Å². The number of aliphatic hydroxyl groups is 1. The first-order chi connectivity index (χ1) is 40.3. The van der Waals surface area contributed by atoms with Crippen LogP contribution in [0.2, 0.25) is 0 Å². The number of unbranched alkanes of at least 4 members (excludes halogenated alkanes) is 1. The maximum atomic E-state index is 14.2. The van der Waals surface area contributed by atoms with Crippen molar-refractivity contribution in [1.29, 1.82) is 0 Å². The van der Waals surface area contributed by atoms with Crippen molar-refractivity contribution in [2.75, 3.05) is 37.4 Å². The number of fused-ring (bicyclic) bond motifs is 1. The van der Waals surface area contributed by atoms with E-state index in [2.05, 4.69) is 31.2 Å². The Morgan fingerprint density at radius 1 is 0.845 bits per heavy atom. The fraction of sp³-hybridized carbons (Fsp3) is 0.381. The van der Waals surface area contributed by atoms with Crippen LogP contribution in [0.4, 0.5) is 15.8 Å².